The van der Waals surface area contributed by atoms with E-state index in [2.05, 4.69) is 25.1 Å². The highest BCUT2D eigenvalue weighted by Crippen LogP contribution is 2.36. The van der Waals surface area contributed by atoms with Crippen LogP contribution in [0.5, 0.6) is 5.75 Å². The van der Waals surface area contributed by atoms with Gasteiger partial charge >= 0.3 is 5.97 Å². The van der Waals surface area contributed by atoms with Crippen LogP contribution in [0.1, 0.15) is 55.4 Å². The van der Waals surface area contributed by atoms with Crippen molar-refractivity contribution >= 4 is 5.97 Å². The van der Waals surface area contributed by atoms with E-state index in [1.165, 1.54) is 0 Å². The number of esters is 1. The van der Waals surface area contributed by atoms with Gasteiger partial charge in [-0.3, -0.25) is 4.79 Å². The van der Waals surface area contributed by atoms with Crippen LogP contribution < -0.4 is 4.74 Å². The van der Waals surface area contributed by atoms with Gasteiger partial charge < -0.3 is 9.47 Å². The summed E-state index contributed by atoms with van der Waals surface area (Å²) in [6.45, 7) is 8.21. The number of ether oxygens (including phenoxy) is 2. The maximum Gasteiger partial charge on any atom is 0.307 e. The molecule has 0 fully saturated rings. The molecule has 0 aliphatic carbocycles. The van der Waals surface area contributed by atoms with E-state index in [-0.39, 0.29) is 18.3 Å². The zero-order valence-corrected chi connectivity index (χ0v) is 18.2. The summed E-state index contributed by atoms with van der Waals surface area (Å²) in [5, 5.41) is 0. The molecule has 156 valence electrons. The zero-order valence-electron chi connectivity index (χ0n) is 18.2. The van der Waals surface area contributed by atoms with E-state index in [1.54, 1.807) is 0 Å². The van der Waals surface area contributed by atoms with Crippen molar-refractivity contribution < 1.29 is 14.3 Å². The third kappa shape index (κ3) is 6.21. The Hall–Kier alpha value is -3.07. The monoisotopic (exact) mass is 402 g/mol. The van der Waals surface area contributed by atoms with Crippen LogP contribution in [0.15, 0.2) is 78.9 Å². The quantitative estimate of drug-likeness (QED) is 0.427. The number of hydrogen-bond donors (Lipinski definition) is 0. The SMILES string of the molecule is Cc1ccc(OCc2ccccc2)c([C@@H](CC(=O)OC(C)(C)C)c2ccccc2)c1. The third-order valence-corrected chi connectivity index (χ3v) is 4.77. The van der Waals surface area contributed by atoms with Crippen molar-refractivity contribution in [2.45, 2.75) is 52.2 Å². The Bertz CT molecular complexity index is 956. The maximum atomic E-state index is 12.7. The fraction of sp³-hybridized carbons (Fsp3) is 0.296. The van der Waals surface area contributed by atoms with Crippen molar-refractivity contribution in [2.75, 3.05) is 0 Å². The Morgan fingerprint density at radius 2 is 1.53 bits per heavy atom. The number of carbonyl (C=O) groups is 1. The van der Waals surface area contributed by atoms with Gasteiger partial charge in [0, 0.05) is 11.5 Å². The first-order valence-corrected chi connectivity index (χ1v) is 10.4. The van der Waals surface area contributed by atoms with Gasteiger partial charge in [0.05, 0.1) is 6.42 Å². The molecule has 3 nitrogen and oxygen atoms in total. The van der Waals surface area contributed by atoms with E-state index in [1.807, 2.05) is 81.4 Å². The predicted molar refractivity (Wildman–Crippen MR) is 121 cm³/mol. The number of carbonyl (C=O) groups excluding carboxylic acids is 1. The molecule has 3 rings (SSSR count). The van der Waals surface area contributed by atoms with Gasteiger partial charge in [0.2, 0.25) is 0 Å². The smallest absolute Gasteiger partial charge is 0.307 e. The summed E-state index contributed by atoms with van der Waals surface area (Å²) < 4.78 is 11.8. The summed E-state index contributed by atoms with van der Waals surface area (Å²) in [6, 6.07) is 26.3. The molecular formula is C27H30O3. The summed E-state index contributed by atoms with van der Waals surface area (Å²) in [4.78, 5) is 12.7. The second-order valence-corrected chi connectivity index (χ2v) is 8.57. The lowest BCUT2D eigenvalue weighted by Gasteiger charge is -2.24. The minimum absolute atomic E-state index is 0.147. The molecule has 0 amide bonds. The average molecular weight is 403 g/mol. The van der Waals surface area contributed by atoms with Crippen molar-refractivity contribution in [3.63, 3.8) is 0 Å². The highest BCUT2D eigenvalue weighted by atomic mass is 16.6. The molecule has 0 spiro atoms. The van der Waals surface area contributed by atoms with Crippen molar-refractivity contribution in [1.29, 1.82) is 0 Å². The largest absolute Gasteiger partial charge is 0.489 e. The van der Waals surface area contributed by atoms with Gasteiger partial charge in [0.1, 0.15) is 18.0 Å². The molecule has 0 saturated heterocycles. The van der Waals surface area contributed by atoms with Gasteiger partial charge in [-0.05, 0) is 44.9 Å². The number of benzene rings is 3. The van der Waals surface area contributed by atoms with E-state index < -0.39 is 5.60 Å². The maximum absolute atomic E-state index is 12.7. The van der Waals surface area contributed by atoms with Crippen molar-refractivity contribution in [3.8, 4) is 5.75 Å². The van der Waals surface area contributed by atoms with Crippen LogP contribution >= 0.6 is 0 Å². The first-order chi connectivity index (χ1) is 14.3. The summed E-state index contributed by atoms with van der Waals surface area (Å²) in [5.74, 6) is 0.431. The molecule has 30 heavy (non-hydrogen) atoms. The fourth-order valence-corrected chi connectivity index (χ4v) is 3.45. The summed E-state index contributed by atoms with van der Waals surface area (Å²) in [6.07, 6.45) is 0.256. The molecule has 1 atom stereocenters. The van der Waals surface area contributed by atoms with E-state index in [0.29, 0.717) is 6.61 Å². The molecule has 3 aromatic rings. The van der Waals surface area contributed by atoms with E-state index in [9.17, 15) is 4.79 Å². The molecule has 0 aliphatic heterocycles. The summed E-state index contributed by atoms with van der Waals surface area (Å²) in [5.41, 5.74) is 3.79. The zero-order chi connectivity index (χ0) is 21.6. The third-order valence-electron chi connectivity index (χ3n) is 4.77. The van der Waals surface area contributed by atoms with Crippen molar-refractivity contribution in [3.05, 3.63) is 101 Å². The minimum atomic E-state index is -0.516. The van der Waals surface area contributed by atoms with Gasteiger partial charge in [-0.2, -0.15) is 0 Å². The van der Waals surface area contributed by atoms with Crippen LogP contribution in [0.3, 0.4) is 0 Å². The molecule has 0 heterocycles. The molecule has 0 aliphatic rings. The molecule has 0 aromatic heterocycles. The lowest BCUT2D eigenvalue weighted by Crippen LogP contribution is -2.25. The highest BCUT2D eigenvalue weighted by Gasteiger charge is 2.25. The van der Waals surface area contributed by atoms with Crippen LogP contribution in [-0.2, 0) is 16.1 Å². The van der Waals surface area contributed by atoms with Crippen molar-refractivity contribution in [2.24, 2.45) is 0 Å². The lowest BCUT2D eigenvalue weighted by molar-refractivity contribution is -0.155. The van der Waals surface area contributed by atoms with Crippen LogP contribution in [0.2, 0.25) is 0 Å². The molecule has 0 bridgehead atoms. The van der Waals surface area contributed by atoms with Crippen molar-refractivity contribution in [1.82, 2.24) is 0 Å². The topological polar surface area (TPSA) is 35.5 Å². The number of rotatable bonds is 7. The average Bonchev–Trinajstić information content (AvgIpc) is 2.71. The van der Waals surface area contributed by atoms with Gasteiger partial charge in [-0.15, -0.1) is 0 Å². The van der Waals surface area contributed by atoms with Crippen LogP contribution in [-0.4, -0.2) is 11.6 Å². The molecule has 0 N–H and O–H groups in total. The Balaban J connectivity index is 1.93. The van der Waals surface area contributed by atoms with Crippen LogP contribution in [0.25, 0.3) is 0 Å². The van der Waals surface area contributed by atoms with Gasteiger partial charge in [-0.1, -0.05) is 78.4 Å². The van der Waals surface area contributed by atoms with Gasteiger partial charge in [-0.25, -0.2) is 0 Å². The standard InChI is InChI=1S/C27H30O3/c1-20-15-16-25(29-19-21-11-7-5-8-12-21)24(17-20)23(22-13-9-6-10-14-22)18-26(28)30-27(2,3)4/h5-17,23H,18-19H2,1-4H3/t23-/m0/s1. The number of aryl methyl sites for hydroxylation is 1. The molecule has 3 heteroatoms. The second-order valence-electron chi connectivity index (χ2n) is 8.57. The highest BCUT2D eigenvalue weighted by molar-refractivity contribution is 5.72. The summed E-state index contributed by atoms with van der Waals surface area (Å²) in [7, 11) is 0. The fourth-order valence-electron chi connectivity index (χ4n) is 3.45. The first kappa shape index (κ1) is 21.6. The Kier molecular flexibility index (Phi) is 6.94. The summed E-state index contributed by atoms with van der Waals surface area (Å²) >= 11 is 0. The number of hydrogen-bond acceptors (Lipinski definition) is 3. The molecule has 0 radical (unpaired) electrons. The molecule has 3 aromatic carbocycles. The predicted octanol–water partition coefficient (Wildman–Crippen LogP) is 6.44. The Morgan fingerprint density at radius 3 is 2.17 bits per heavy atom. The van der Waals surface area contributed by atoms with E-state index in [0.717, 1.165) is 28.0 Å². The molecule has 0 unspecified atom stereocenters. The normalized spacial score (nSPS) is 12.3. The second kappa shape index (κ2) is 9.62. The van der Waals surface area contributed by atoms with E-state index in [4.69, 9.17) is 9.47 Å². The van der Waals surface area contributed by atoms with Gasteiger partial charge in [0.15, 0.2) is 0 Å². The molecular weight excluding hydrogens is 372 g/mol. The molecule has 0 saturated carbocycles. The first-order valence-electron chi connectivity index (χ1n) is 10.4. The minimum Gasteiger partial charge on any atom is -0.489 e. The lowest BCUT2D eigenvalue weighted by atomic mass is 9.87. The van der Waals surface area contributed by atoms with Crippen LogP contribution in [0, 0.1) is 6.92 Å². The van der Waals surface area contributed by atoms with Crippen LogP contribution in [0.4, 0.5) is 0 Å². The Labute approximate surface area is 179 Å². The van der Waals surface area contributed by atoms with Gasteiger partial charge in [0.25, 0.3) is 0 Å². The van der Waals surface area contributed by atoms with E-state index >= 15 is 0 Å². The Morgan fingerprint density at radius 1 is 0.900 bits per heavy atom.